The molecule has 0 amide bonds. The second-order valence-electron chi connectivity index (χ2n) is 4.04. The summed E-state index contributed by atoms with van der Waals surface area (Å²) in [6, 6.07) is 0. The highest BCUT2D eigenvalue weighted by atomic mass is 16.6. The molecule has 2 rings (SSSR count). The molecule has 0 aromatic carbocycles. The summed E-state index contributed by atoms with van der Waals surface area (Å²) in [5.74, 6) is -1.29. The maximum atomic E-state index is 11.6. The van der Waals surface area contributed by atoms with Gasteiger partial charge < -0.3 is 9.47 Å². The molecule has 1 fully saturated rings. The Balaban J connectivity index is 2.26. The summed E-state index contributed by atoms with van der Waals surface area (Å²) in [6.45, 7) is 1.85. The third kappa shape index (κ3) is 1.54. The van der Waals surface area contributed by atoms with Crippen molar-refractivity contribution >= 4 is 11.9 Å². The average molecular weight is 210 g/mol. The van der Waals surface area contributed by atoms with Gasteiger partial charge in [-0.2, -0.15) is 0 Å². The van der Waals surface area contributed by atoms with Crippen LogP contribution in [-0.2, 0) is 19.1 Å². The van der Waals surface area contributed by atoms with Crippen LogP contribution in [0.3, 0.4) is 0 Å². The third-order valence-corrected chi connectivity index (χ3v) is 3.22. The van der Waals surface area contributed by atoms with E-state index >= 15 is 0 Å². The van der Waals surface area contributed by atoms with Gasteiger partial charge in [0.1, 0.15) is 6.10 Å². The Morgan fingerprint density at radius 3 is 3.00 bits per heavy atom. The van der Waals surface area contributed by atoms with Gasteiger partial charge in [-0.25, -0.2) is 0 Å². The number of hydrogen-bond donors (Lipinski definition) is 0. The minimum absolute atomic E-state index is 0.0235. The molecule has 0 unspecified atom stereocenters. The zero-order valence-electron chi connectivity index (χ0n) is 8.80. The molecule has 1 heterocycles. The SMILES string of the molecule is COC(=O)[C@H]1CC=C[C@@H]2[C@H]1C(=O)O[C@@H]2C. The summed E-state index contributed by atoms with van der Waals surface area (Å²) in [4.78, 5) is 23.1. The summed E-state index contributed by atoms with van der Waals surface area (Å²) in [5, 5.41) is 0. The van der Waals surface area contributed by atoms with E-state index in [-0.39, 0.29) is 35.8 Å². The lowest BCUT2D eigenvalue weighted by molar-refractivity contribution is -0.154. The van der Waals surface area contributed by atoms with E-state index in [1.54, 1.807) is 0 Å². The molecule has 0 aromatic heterocycles. The fourth-order valence-corrected chi connectivity index (χ4v) is 2.42. The summed E-state index contributed by atoms with van der Waals surface area (Å²) >= 11 is 0. The van der Waals surface area contributed by atoms with Crippen molar-refractivity contribution in [1.29, 1.82) is 0 Å². The first-order valence-electron chi connectivity index (χ1n) is 5.10. The van der Waals surface area contributed by atoms with Crippen LogP contribution >= 0.6 is 0 Å². The van der Waals surface area contributed by atoms with Gasteiger partial charge in [-0.05, 0) is 13.3 Å². The highest BCUT2D eigenvalue weighted by molar-refractivity contribution is 5.84. The van der Waals surface area contributed by atoms with Crippen molar-refractivity contribution in [2.24, 2.45) is 17.8 Å². The van der Waals surface area contributed by atoms with Crippen LogP contribution < -0.4 is 0 Å². The first-order valence-corrected chi connectivity index (χ1v) is 5.10. The number of esters is 2. The maximum Gasteiger partial charge on any atom is 0.310 e. The molecule has 2 aliphatic rings. The molecule has 1 aliphatic carbocycles. The number of fused-ring (bicyclic) bond motifs is 1. The maximum absolute atomic E-state index is 11.6. The molecular weight excluding hydrogens is 196 g/mol. The Hall–Kier alpha value is -1.32. The fourth-order valence-electron chi connectivity index (χ4n) is 2.42. The second kappa shape index (κ2) is 3.68. The van der Waals surface area contributed by atoms with E-state index in [1.807, 2.05) is 19.1 Å². The third-order valence-electron chi connectivity index (χ3n) is 3.22. The molecule has 1 saturated heterocycles. The van der Waals surface area contributed by atoms with Crippen molar-refractivity contribution in [3.05, 3.63) is 12.2 Å². The Morgan fingerprint density at radius 2 is 2.33 bits per heavy atom. The average Bonchev–Trinajstić information content (AvgIpc) is 2.54. The van der Waals surface area contributed by atoms with Gasteiger partial charge in [-0.3, -0.25) is 9.59 Å². The van der Waals surface area contributed by atoms with Gasteiger partial charge in [0, 0.05) is 5.92 Å². The molecule has 4 heteroatoms. The number of allylic oxidation sites excluding steroid dienone is 1. The molecule has 0 radical (unpaired) electrons. The Kier molecular flexibility index (Phi) is 2.50. The van der Waals surface area contributed by atoms with E-state index in [0.717, 1.165) is 0 Å². The van der Waals surface area contributed by atoms with Crippen molar-refractivity contribution in [1.82, 2.24) is 0 Å². The molecule has 15 heavy (non-hydrogen) atoms. The number of carbonyl (C=O) groups excluding carboxylic acids is 2. The fraction of sp³-hybridized carbons (Fsp3) is 0.636. The van der Waals surface area contributed by atoms with Crippen LogP contribution in [-0.4, -0.2) is 25.2 Å². The summed E-state index contributed by atoms with van der Waals surface area (Å²) in [5.41, 5.74) is 0. The number of rotatable bonds is 1. The number of ether oxygens (including phenoxy) is 2. The quantitative estimate of drug-likeness (QED) is 0.477. The largest absolute Gasteiger partial charge is 0.469 e. The van der Waals surface area contributed by atoms with Gasteiger partial charge in [0.2, 0.25) is 0 Å². The molecule has 0 aromatic rings. The smallest absolute Gasteiger partial charge is 0.310 e. The predicted molar refractivity (Wildman–Crippen MR) is 51.8 cm³/mol. The summed E-state index contributed by atoms with van der Waals surface area (Å²) in [6.07, 6.45) is 4.34. The second-order valence-corrected chi connectivity index (χ2v) is 4.04. The lowest BCUT2D eigenvalue weighted by atomic mass is 9.75. The molecule has 0 saturated carbocycles. The summed E-state index contributed by atoms with van der Waals surface area (Å²) < 4.78 is 9.84. The van der Waals surface area contributed by atoms with E-state index in [0.29, 0.717) is 6.42 Å². The van der Waals surface area contributed by atoms with E-state index in [9.17, 15) is 9.59 Å². The molecule has 1 aliphatic heterocycles. The van der Waals surface area contributed by atoms with Crippen LogP contribution in [0.4, 0.5) is 0 Å². The lowest BCUT2D eigenvalue weighted by Gasteiger charge is -2.25. The highest BCUT2D eigenvalue weighted by Crippen LogP contribution is 2.40. The van der Waals surface area contributed by atoms with E-state index < -0.39 is 0 Å². The van der Waals surface area contributed by atoms with Gasteiger partial charge in [0.05, 0.1) is 18.9 Å². The molecule has 0 bridgehead atoms. The minimum Gasteiger partial charge on any atom is -0.469 e. The van der Waals surface area contributed by atoms with Gasteiger partial charge in [0.25, 0.3) is 0 Å². The van der Waals surface area contributed by atoms with E-state index in [1.165, 1.54) is 7.11 Å². The van der Waals surface area contributed by atoms with Crippen LogP contribution in [0.2, 0.25) is 0 Å². The number of cyclic esters (lactones) is 1. The van der Waals surface area contributed by atoms with Crippen molar-refractivity contribution in [2.75, 3.05) is 7.11 Å². The van der Waals surface area contributed by atoms with Crippen molar-refractivity contribution in [3.63, 3.8) is 0 Å². The number of hydrogen-bond acceptors (Lipinski definition) is 4. The van der Waals surface area contributed by atoms with Crippen LogP contribution in [0.5, 0.6) is 0 Å². The molecule has 0 N–H and O–H groups in total. The van der Waals surface area contributed by atoms with Crippen LogP contribution in [0.15, 0.2) is 12.2 Å². The Morgan fingerprint density at radius 1 is 1.60 bits per heavy atom. The zero-order chi connectivity index (χ0) is 11.0. The first kappa shape index (κ1) is 10.2. The lowest BCUT2D eigenvalue weighted by Crippen LogP contribution is -2.34. The minimum atomic E-state index is -0.373. The van der Waals surface area contributed by atoms with Gasteiger partial charge in [-0.15, -0.1) is 0 Å². The first-order chi connectivity index (χ1) is 7.15. The summed E-state index contributed by atoms with van der Waals surface area (Å²) in [7, 11) is 1.35. The zero-order valence-corrected chi connectivity index (χ0v) is 8.80. The molecule has 4 atom stereocenters. The standard InChI is InChI=1S/C11H14O4/c1-6-7-4-3-5-8(10(12)14-2)9(7)11(13)15-6/h3-4,6-9H,5H2,1-2H3/t6-,7+,8+,9-/m1/s1. The monoisotopic (exact) mass is 210 g/mol. The Bertz CT molecular complexity index is 321. The van der Waals surface area contributed by atoms with E-state index in [2.05, 4.69) is 0 Å². The molecular formula is C11H14O4. The van der Waals surface area contributed by atoms with Crippen molar-refractivity contribution in [2.45, 2.75) is 19.4 Å². The van der Waals surface area contributed by atoms with Gasteiger partial charge in [0.15, 0.2) is 0 Å². The van der Waals surface area contributed by atoms with Crippen LogP contribution in [0, 0.1) is 17.8 Å². The van der Waals surface area contributed by atoms with Gasteiger partial charge >= 0.3 is 11.9 Å². The Labute approximate surface area is 88.2 Å². The van der Waals surface area contributed by atoms with Gasteiger partial charge in [-0.1, -0.05) is 12.2 Å². The van der Waals surface area contributed by atoms with Crippen molar-refractivity contribution in [3.8, 4) is 0 Å². The highest BCUT2D eigenvalue weighted by Gasteiger charge is 2.49. The molecule has 4 nitrogen and oxygen atoms in total. The van der Waals surface area contributed by atoms with Crippen LogP contribution in [0.25, 0.3) is 0 Å². The normalized spacial score (nSPS) is 38.4. The predicted octanol–water partition coefficient (Wildman–Crippen LogP) is 0.913. The number of carbonyl (C=O) groups is 2. The van der Waals surface area contributed by atoms with Crippen LogP contribution in [0.1, 0.15) is 13.3 Å². The topological polar surface area (TPSA) is 52.6 Å². The number of methoxy groups -OCH3 is 1. The molecule has 0 spiro atoms. The molecule has 82 valence electrons. The van der Waals surface area contributed by atoms with E-state index in [4.69, 9.17) is 9.47 Å². The van der Waals surface area contributed by atoms with Crippen molar-refractivity contribution < 1.29 is 19.1 Å².